The zero-order chi connectivity index (χ0) is 27.6. The van der Waals surface area contributed by atoms with Gasteiger partial charge in [-0.25, -0.2) is 0 Å². The molecule has 3 heteroatoms. The molecule has 1 heterocycles. The van der Waals surface area contributed by atoms with Crippen LogP contribution in [0.25, 0.3) is 11.1 Å². The Labute approximate surface area is 233 Å². The molecule has 0 radical (unpaired) electrons. The first kappa shape index (κ1) is 26.3. The highest BCUT2D eigenvalue weighted by Gasteiger charge is 2.62. The van der Waals surface area contributed by atoms with Crippen LogP contribution in [0.5, 0.6) is 0 Å². The Balaban J connectivity index is 1.46. The Morgan fingerprint density at radius 2 is 1.74 bits per heavy atom. The normalized spacial score (nSPS) is 32.0. The largest absolute Gasteiger partial charge is 0.377 e. The van der Waals surface area contributed by atoms with Gasteiger partial charge in [-0.1, -0.05) is 54.7 Å². The number of carbonyl (C=O) groups is 1. The molecule has 1 N–H and O–H groups in total. The van der Waals surface area contributed by atoms with Gasteiger partial charge in [0.1, 0.15) is 5.60 Å². The average Bonchev–Trinajstić information content (AvgIpc) is 3.17. The van der Waals surface area contributed by atoms with Gasteiger partial charge in [0.2, 0.25) is 0 Å². The van der Waals surface area contributed by atoms with E-state index in [9.17, 15) is 9.90 Å². The van der Waals surface area contributed by atoms with Gasteiger partial charge in [0.15, 0.2) is 5.78 Å². The van der Waals surface area contributed by atoms with Crippen molar-refractivity contribution < 1.29 is 9.90 Å². The van der Waals surface area contributed by atoms with Crippen LogP contribution in [0.1, 0.15) is 89.8 Å². The van der Waals surface area contributed by atoms with Gasteiger partial charge in [-0.2, -0.15) is 0 Å². The minimum atomic E-state index is -0.981. The molecule has 6 rings (SSSR count). The minimum Gasteiger partial charge on any atom is -0.377 e. The van der Waals surface area contributed by atoms with E-state index in [1.54, 1.807) is 5.57 Å². The molecule has 5 atom stereocenters. The maximum atomic E-state index is 12.3. The van der Waals surface area contributed by atoms with Crippen molar-refractivity contribution in [2.45, 2.75) is 91.1 Å². The molecule has 2 aromatic rings. The van der Waals surface area contributed by atoms with E-state index in [1.807, 2.05) is 19.2 Å². The van der Waals surface area contributed by atoms with Crippen molar-refractivity contribution in [2.24, 2.45) is 22.7 Å². The van der Waals surface area contributed by atoms with Crippen LogP contribution in [0.4, 0.5) is 0 Å². The molecule has 0 unspecified atom stereocenters. The van der Waals surface area contributed by atoms with Crippen LogP contribution in [0.15, 0.2) is 65.4 Å². The summed E-state index contributed by atoms with van der Waals surface area (Å²) in [5.41, 5.74) is 7.48. The monoisotopic (exact) mass is 519 g/mol. The van der Waals surface area contributed by atoms with Crippen molar-refractivity contribution in [1.29, 1.82) is 0 Å². The van der Waals surface area contributed by atoms with E-state index in [0.717, 1.165) is 49.8 Å². The van der Waals surface area contributed by atoms with Gasteiger partial charge in [0.05, 0.1) is 0 Å². The van der Waals surface area contributed by atoms with Crippen LogP contribution in [-0.2, 0) is 4.79 Å². The SMILES string of the molecule is Cc1ccc(-c2ccc([C@H]3C[C@@]4(C)[C@@H](CC[C@@]4(O)C#CC(C)(C)C)[C@@H]4CCC5=CC(=O)CCC5=C43)cc2)cn1. The Hall–Kier alpha value is -2.96. The summed E-state index contributed by atoms with van der Waals surface area (Å²) in [6, 6.07) is 13.2. The summed E-state index contributed by atoms with van der Waals surface area (Å²) in [5, 5.41) is 12.2. The van der Waals surface area contributed by atoms with Gasteiger partial charge in [-0.05, 0) is 112 Å². The summed E-state index contributed by atoms with van der Waals surface area (Å²) in [6.45, 7) is 10.7. The fourth-order valence-electron chi connectivity index (χ4n) is 8.01. The van der Waals surface area contributed by atoms with Crippen LogP contribution < -0.4 is 0 Å². The maximum absolute atomic E-state index is 12.3. The molecule has 39 heavy (non-hydrogen) atoms. The van der Waals surface area contributed by atoms with Gasteiger partial charge >= 0.3 is 0 Å². The predicted molar refractivity (Wildman–Crippen MR) is 157 cm³/mol. The van der Waals surface area contributed by atoms with Crippen molar-refractivity contribution in [1.82, 2.24) is 4.98 Å². The van der Waals surface area contributed by atoms with Crippen LogP contribution in [0, 0.1) is 41.4 Å². The number of benzene rings is 1. The number of aromatic nitrogens is 1. The Morgan fingerprint density at radius 1 is 1.00 bits per heavy atom. The Kier molecular flexibility index (Phi) is 6.27. The van der Waals surface area contributed by atoms with E-state index in [-0.39, 0.29) is 22.5 Å². The van der Waals surface area contributed by atoms with Gasteiger partial charge in [-0.3, -0.25) is 9.78 Å². The number of allylic oxidation sites excluding steroid dienone is 4. The smallest absolute Gasteiger partial charge is 0.156 e. The number of fused-ring (bicyclic) bond motifs is 4. The van der Waals surface area contributed by atoms with E-state index in [1.165, 1.54) is 22.3 Å². The fourth-order valence-corrected chi connectivity index (χ4v) is 8.01. The zero-order valence-electron chi connectivity index (χ0n) is 24.1. The topological polar surface area (TPSA) is 50.2 Å². The van der Waals surface area contributed by atoms with Gasteiger partial charge in [-0.15, -0.1) is 0 Å². The maximum Gasteiger partial charge on any atom is 0.156 e. The lowest BCUT2D eigenvalue weighted by atomic mass is 9.51. The third kappa shape index (κ3) is 4.52. The van der Waals surface area contributed by atoms with Gasteiger partial charge < -0.3 is 5.11 Å². The summed E-state index contributed by atoms with van der Waals surface area (Å²) in [4.78, 5) is 16.8. The zero-order valence-corrected chi connectivity index (χ0v) is 24.1. The molecule has 4 aliphatic rings. The van der Waals surface area contributed by atoms with Crippen LogP contribution in [-0.4, -0.2) is 21.5 Å². The van der Waals surface area contributed by atoms with Crippen LogP contribution in [0.2, 0.25) is 0 Å². The third-order valence-corrected chi connectivity index (χ3v) is 10.1. The quantitative estimate of drug-likeness (QED) is 0.413. The highest BCUT2D eigenvalue weighted by atomic mass is 16.3. The number of hydrogen-bond donors (Lipinski definition) is 1. The molecule has 1 aromatic carbocycles. The molecule has 2 saturated carbocycles. The summed E-state index contributed by atoms with van der Waals surface area (Å²) in [7, 11) is 0. The molecule has 1 aromatic heterocycles. The molecular weight excluding hydrogens is 478 g/mol. The molecule has 0 amide bonds. The number of pyridine rings is 1. The van der Waals surface area contributed by atoms with E-state index < -0.39 is 5.60 Å². The molecule has 202 valence electrons. The second-order valence-corrected chi connectivity index (χ2v) is 13.7. The standard InChI is InChI=1S/C36H41NO2/c1-23-6-7-27(22-37-23)24-8-10-25(11-9-24)31-21-35(5)32(16-17-36(35,39)19-18-34(2,3)4)30-14-12-26-20-28(38)13-15-29(26)33(30)31/h6-11,20,22,30-32,39H,12-17,21H2,1-5H3/t30-,31+,32-,35-,36+/m0/s1. The Bertz CT molecular complexity index is 1430. The van der Waals surface area contributed by atoms with Crippen LogP contribution in [0.3, 0.4) is 0 Å². The third-order valence-electron chi connectivity index (χ3n) is 10.1. The van der Waals surface area contributed by atoms with Crippen molar-refractivity contribution in [3.63, 3.8) is 0 Å². The van der Waals surface area contributed by atoms with Crippen molar-refractivity contribution >= 4 is 5.78 Å². The molecule has 3 nitrogen and oxygen atoms in total. The number of hydrogen-bond acceptors (Lipinski definition) is 3. The molecule has 0 aliphatic heterocycles. The minimum absolute atomic E-state index is 0.148. The van der Waals surface area contributed by atoms with E-state index in [2.05, 4.69) is 80.9 Å². The Morgan fingerprint density at radius 3 is 2.44 bits per heavy atom. The summed E-state index contributed by atoms with van der Waals surface area (Å²) < 4.78 is 0. The van der Waals surface area contributed by atoms with Crippen molar-refractivity contribution in [3.05, 3.63) is 76.6 Å². The van der Waals surface area contributed by atoms with Crippen molar-refractivity contribution in [3.8, 4) is 23.0 Å². The van der Waals surface area contributed by atoms with E-state index in [4.69, 9.17) is 0 Å². The van der Waals surface area contributed by atoms with Gasteiger partial charge in [0.25, 0.3) is 0 Å². The molecule has 0 saturated heterocycles. The molecule has 0 spiro atoms. The van der Waals surface area contributed by atoms with Gasteiger partial charge in [0, 0.05) is 40.6 Å². The van der Waals surface area contributed by atoms with E-state index in [0.29, 0.717) is 18.3 Å². The molecule has 0 bridgehead atoms. The second-order valence-electron chi connectivity index (χ2n) is 13.7. The summed E-state index contributed by atoms with van der Waals surface area (Å²) in [5.74, 6) is 8.16. The fraction of sp³-hybridized carbons (Fsp3) is 0.500. The lowest BCUT2D eigenvalue weighted by Crippen LogP contribution is -2.51. The average molecular weight is 520 g/mol. The van der Waals surface area contributed by atoms with Crippen molar-refractivity contribution in [2.75, 3.05) is 0 Å². The predicted octanol–water partition coefficient (Wildman–Crippen LogP) is 7.74. The highest BCUT2D eigenvalue weighted by Crippen LogP contribution is 2.66. The first-order valence-electron chi connectivity index (χ1n) is 14.7. The molecule has 4 aliphatic carbocycles. The first-order chi connectivity index (χ1) is 18.5. The number of nitrogens with zero attached hydrogens (tertiary/aromatic N) is 1. The second kappa shape index (κ2) is 9.31. The summed E-state index contributed by atoms with van der Waals surface area (Å²) >= 11 is 0. The lowest BCUT2D eigenvalue weighted by Gasteiger charge is -2.53. The number of aliphatic hydroxyl groups is 1. The first-order valence-corrected chi connectivity index (χ1v) is 14.7. The van der Waals surface area contributed by atoms with E-state index >= 15 is 0 Å². The number of aryl methyl sites for hydroxylation is 1. The molecule has 2 fully saturated rings. The number of rotatable bonds is 2. The number of carbonyl (C=O) groups excluding carboxylic acids is 1. The lowest BCUT2D eigenvalue weighted by molar-refractivity contribution is -0.114. The molecular formula is C36H41NO2. The van der Waals surface area contributed by atoms with Crippen LogP contribution >= 0.6 is 0 Å². The highest BCUT2D eigenvalue weighted by molar-refractivity contribution is 5.93. The summed E-state index contributed by atoms with van der Waals surface area (Å²) in [6.07, 6.45) is 10.0. The number of ketones is 1.